The van der Waals surface area contributed by atoms with E-state index < -0.39 is 0 Å². The van der Waals surface area contributed by atoms with Crippen molar-refractivity contribution in [2.75, 3.05) is 19.7 Å². The van der Waals surface area contributed by atoms with Crippen molar-refractivity contribution < 1.29 is 4.74 Å². The van der Waals surface area contributed by atoms with Crippen molar-refractivity contribution in [3.63, 3.8) is 0 Å². The molecule has 3 nitrogen and oxygen atoms in total. The highest BCUT2D eigenvalue weighted by molar-refractivity contribution is 5.36. The Hall–Kier alpha value is -1.06. The van der Waals surface area contributed by atoms with E-state index in [1.54, 1.807) is 0 Å². The van der Waals surface area contributed by atoms with Gasteiger partial charge < -0.3 is 15.8 Å². The zero-order valence-electron chi connectivity index (χ0n) is 9.55. The summed E-state index contributed by atoms with van der Waals surface area (Å²) in [6, 6.07) is 6.24. The van der Waals surface area contributed by atoms with Crippen molar-refractivity contribution in [1.82, 2.24) is 5.32 Å². The summed E-state index contributed by atoms with van der Waals surface area (Å²) in [4.78, 5) is 0. The van der Waals surface area contributed by atoms with Crippen LogP contribution in [0.5, 0.6) is 5.75 Å². The Morgan fingerprint density at radius 3 is 2.87 bits per heavy atom. The van der Waals surface area contributed by atoms with Gasteiger partial charge in [0.1, 0.15) is 5.75 Å². The van der Waals surface area contributed by atoms with E-state index in [1.807, 2.05) is 13.0 Å². The molecule has 0 aliphatic carbocycles. The highest BCUT2D eigenvalue weighted by atomic mass is 16.5. The molecule has 1 aromatic carbocycles. The number of aryl methyl sites for hydroxylation is 1. The number of nitrogens with two attached hydrogens (primary N) is 1. The van der Waals surface area contributed by atoms with Gasteiger partial charge in [0.15, 0.2) is 0 Å². The highest BCUT2D eigenvalue weighted by Gasteiger charge is 2.02. The van der Waals surface area contributed by atoms with Crippen LogP contribution in [-0.4, -0.2) is 19.7 Å². The van der Waals surface area contributed by atoms with Crippen LogP contribution in [0.2, 0.25) is 0 Å². The zero-order valence-corrected chi connectivity index (χ0v) is 9.55. The number of rotatable bonds is 6. The summed E-state index contributed by atoms with van der Waals surface area (Å²) in [5.41, 5.74) is 7.88. The molecule has 1 rings (SSSR count). The van der Waals surface area contributed by atoms with Crippen LogP contribution >= 0.6 is 0 Å². The van der Waals surface area contributed by atoms with Crippen LogP contribution in [0.1, 0.15) is 18.1 Å². The third-order valence-electron chi connectivity index (χ3n) is 2.15. The molecule has 0 saturated heterocycles. The fraction of sp³-hybridized carbons (Fsp3) is 0.500. The monoisotopic (exact) mass is 208 g/mol. The number of nitrogens with one attached hydrogen (secondary N) is 1. The molecule has 0 amide bonds. The van der Waals surface area contributed by atoms with Gasteiger partial charge in [0.05, 0.1) is 6.61 Å². The molecule has 15 heavy (non-hydrogen) atoms. The van der Waals surface area contributed by atoms with Gasteiger partial charge in [-0.3, -0.25) is 0 Å². The maximum atomic E-state index is 5.55. The van der Waals surface area contributed by atoms with Gasteiger partial charge in [0, 0.05) is 25.2 Å². The van der Waals surface area contributed by atoms with E-state index in [9.17, 15) is 0 Å². The van der Waals surface area contributed by atoms with Gasteiger partial charge in [-0.2, -0.15) is 0 Å². The molecule has 0 aromatic heterocycles. The standard InChI is InChI=1S/C12H20N2O/c1-3-15-12-5-4-10(2)8-11(12)9-14-7-6-13/h4-5,8,14H,3,6-7,9,13H2,1-2H3. The number of ether oxygens (including phenoxy) is 1. The molecule has 0 aliphatic rings. The number of hydrogen-bond acceptors (Lipinski definition) is 3. The van der Waals surface area contributed by atoms with Crippen LogP contribution in [-0.2, 0) is 6.54 Å². The average molecular weight is 208 g/mol. The van der Waals surface area contributed by atoms with Gasteiger partial charge in [0.2, 0.25) is 0 Å². The zero-order chi connectivity index (χ0) is 11.1. The Balaban J connectivity index is 2.68. The predicted octanol–water partition coefficient (Wildman–Crippen LogP) is 1.44. The first kappa shape index (κ1) is 12.0. The largest absolute Gasteiger partial charge is 0.494 e. The number of hydrogen-bond donors (Lipinski definition) is 2. The quantitative estimate of drug-likeness (QED) is 0.695. The first-order valence-electron chi connectivity index (χ1n) is 5.41. The summed E-state index contributed by atoms with van der Waals surface area (Å²) in [5, 5.41) is 3.27. The van der Waals surface area contributed by atoms with Crippen LogP contribution in [0.15, 0.2) is 18.2 Å². The lowest BCUT2D eigenvalue weighted by Crippen LogP contribution is -2.22. The van der Waals surface area contributed by atoms with Crippen molar-refractivity contribution in [2.45, 2.75) is 20.4 Å². The molecule has 0 radical (unpaired) electrons. The molecule has 0 fully saturated rings. The number of benzene rings is 1. The Labute approximate surface area is 91.6 Å². The van der Waals surface area contributed by atoms with E-state index in [0.717, 1.165) is 18.8 Å². The van der Waals surface area contributed by atoms with Crippen molar-refractivity contribution in [1.29, 1.82) is 0 Å². The lowest BCUT2D eigenvalue weighted by atomic mass is 10.1. The van der Waals surface area contributed by atoms with E-state index in [0.29, 0.717) is 13.2 Å². The first-order valence-corrected chi connectivity index (χ1v) is 5.41. The third-order valence-corrected chi connectivity index (χ3v) is 2.15. The SMILES string of the molecule is CCOc1ccc(C)cc1CNCCN. The molecule has 0 saturated carbocycles. The van der Waals surface area contributed by atoms with Gasteiger partial charge in [-0.05, 0) is 19.9 Å². The summed E-state index contributed by atoms with van der Waals surface area (Å²) < 4.78 is 5.55. The molecule has 84 valence electrons. The van der Waals surface area contributed by atoms with E-state index in [4.69, 9.17) is 10.5 Å². The summed E-state index contributed by atoms with van der Waals surface area (Å²) in [6.07, 6.45) is 0. The van der Waals surface area contributed by atoms with Crippen molar-refractivity contribution in [2.24, 2.45) is 5.73 Å². The molecule has 1 aromatic rings. The van der Waals surface area contributed by atoms with Crippen LogP contribution < -0.4 is 15.8 Å². The minimum absolute atomic E-state index is 0.662. The van der Waals surface area contributed by atoms with E-state index in [2.05, 4.69) is 24.4 Å². The molecule has 0 aliphatic heterocycles. The lowest BCUT2D eigenvalue weighted by Gasteiger charge is -2.11. The highest BCUT2D eigenvalue weighted by Crippen LogP contribution is 2.19. The Bertz CT molecular complexity index is 300. The van der Waals surface area contributed by atoms with E-state index in [1.165, 1.54) is 11.1 Å². The second-order valence-corrected chi connectivity index (χ2v) is 3.51. The summed E-state index contributed by atoms with van der Waals surface area (Å²) in [6.45, 7) is 7.09. The predicted molar refractivity (Wildman–Crippen MR) is 63.1 cm³/mol. The fourth-order valence-corrected chi connectivity index (χ4v) is 1.47. The maximum absolute atomic E-state index is 5.55. The summed E-state index contributed by atoms with van der Waals surface area (Å²) >= 11 is 0. The second kappa shape index (κ2) is 6.43. The second-order valence-electron chi connectivity index (χ2n) is 3.51. The fourth-order valence-electron chi connectivity index (χ4n) is 1.47. The molecule has 0 atom stereocenters. The molecule has 0 bridgehead atoms. The van der Waals surface area contributed by atoms with Gasteiger partial charge in [-0.1, -0.05) is 17.7 Å². The van der Waals surface area contributed by atoms with Crippen LogP contribution in [0.4, 0.5) is 0 Å². The molecular weight excluding hydrogens is 188 g/mol. The molecular formula is C12H20N2O. The van der Waals surface area contributed by atoms with Crippen LogP contribution in [0.3, 0.4) is 0 Å². The molecule has 3 N–H and O–H groups in total. The van der Waals surface area contributed by atoms with Crippen molar-refractivity contribution in [3.8, 4) is 5.75 Å². The van der Waals surface area contributed by atoms with Crippen LogP contribution in [0, 0.1) is 6.92 Å². The molecule has 0 heterocycles. The Morgan fingerprint density at radius 1 is 1.40 bits per heavy atom. The molecule has 0 unspecified atom stereocenters. The lowest BCUT2D eigenvalue weighted by molar-refractivity contribution is 0.335. The van der Waals surface area contributed by atoms with Gasteiger partial charge in [-0.15, -0.1) is 0 Å². The van der Waals surface area contributed by atoms with Gasteiger partial charge in [-0.25, -0.2) is 0 Å². The minimum Gasteiger partial charge on any atom is -0.494 e. The molecule has 0 spiro atoms. The smallest absolute Gasteiger partial charge is 0.123 e. The summed E-state index contributed by atoms with van der Waals surface area (Å²) in [5.74, 6) is 0.965. The normalized spacial score (nSPS) is 10.3. The molecule has 3 heteroatoms. The van der Waals surface area contributed by atoms with Crippen molar-refractivity contribution >= 4 is 0 Å². The maximum Gasteiger partial charge on any atom is 0.123 e. The Morgan fingerprint density at radius 2 is 2.20 bits per heavy atom. The van der Waals surface area contributed by atoms with Gasteiger partial charge >= 0.3 is 0 Å². The third kappa shape index (κ3) is 3.90. The summed E-state index contributed by atoms with van der Waals surface area (Å²) in [7, 11) is 0. The van der Waals surface area contributed by atoms with Crippen molar-refractivity contribution in [3.05, 3.63) is 29.3 Å². The topological polar surface area (TPSA) is 47.3 Å². The average Bonchev–Trinajstić information content (AvgIpc) is 2.22. The van der Waals surface area contributed by atoms with Gasteiger partial charge in [0.25, 0.3) is 0 Å². The van der Waals surface area contributed by atoms with Crippen LogP contribution in [0.25, 0.3) is 0 Å². The van der Waals surface area contributed by atoms with E-state index in [-0.39, 0.29) is 0 Å². The Kier molecular flexibility index (Phi) is 5.15. The van der Waals surface area contributed by atoms with E-state index >= 15 is 0 Å². The minimum atomic E-state index is 0.662. The first-order chi connectivity index (χ1) is 7.27.